The maximum absolute atomic E-state index is 13.4. The third-order valence-corrected chi connectivity index (χ3v) is 10.3. The number of phenolic OH excluding ortho intramolecular Hbond substituents is 2. The van der Waals surface area contributed by atoms with E-state index in [0.717, 1.165) is 12.3 Å². The lowest BCUT2D eigenvalue weighted by Gasteiger charge is -2.47. The summed E-state index contributed by atoms with van der Waals surface area (Å²) in [7, 11) is 0. The predicted molar refractivity (Wildman–Crippen MR) is 218 cm³/mol. The number of benzene rings is 6. The van der Waals surface area contributed by atoms with Crippen molar-refractivity contribution in [2.75, 3.05) is 0 Å². The first-order valence-electron chi connectivity index (χ1n) is 17.7. The van der Waals surface area contributed by atoms with Crippen LogP contribution in [0.5, 0.6) is 11.5 Å². The summed E-state index contributed by atoms with van der Waals surface area (Å²) < 4.78 is 0. The van der Waals surface area contributed by atoms with Gasteiger partial charge in [0.05, 0.1) is 27.5 Å². The van der Waals surface area contributed by atoms with Crippen molar-refractivity contribution < 1.29 is 30.3 Å². The number of aliphatic hydroxyl groups is 2. The predicted octanol–water partition coefficient (Wildman–Crippen LogP) is 8.50. The average Bonchev–Trinajstić information content (AvgIpc) is 3.23. The number of non-ortho nitro benzene ring substituents is 1. The Hall–Kier alpha value is -6.73. The van der Waals surface area contributed by atoms with Crippen LogP contribution in [0.1, 0.15) is 46.7 Å². The lowest BCUT2D eigenvalue weighted by molar-refractivity contribution is -0.394. The van der Waals surface area contributed by atoms with Crippen molar-refractivity contribution in [3.8, 4) is 11.5 Å². The fourth-order valence-corrected chi connectivity index (χ4v) is 7.22. The number of nitro groups is 2. The number of hydrogen-bond acceptors (Lipinski definition) is 10. The molecule has 0 spiro atoms. The van der Waals surface area contributed by atoms with Gasteiger partial charge in [-0.2, -0.15) is 0 Å². The van der Waals surface area contributed by atoms with Gasteiger partial charge in [0.25, 0.3) is 5.69 Å². The van der Waals surface area contributed by atoms with Gasteiger partial charge in [-0.3, -0.25) is 30.2 Å². The molecule has 6 aromatic carbocycles. The summed E-state index contributed by atoms with van der Waals surface area (Å²) in [5.74, 6) is -1.02. The van der Waals surface area contributed by atoms with Gasteiger partial charge < -0.3 is 20.4 Å². The van der Waals surface area contributed by atoms with Crippen LogP contribution in [0.4, 0.5) is 11.4 Å². The molecule has 6 rings (SSSR count). The molecule has 0 saturated heterocycles. The summed E-state index contributed by atoms with van der Waals surface area (Å²) in [5, 5.41) is 72.6. The minimum atomic E-state index is -2.04. The van der Waals surface area contributed by atoms with E-state index in [1.54, 1.807) is 128 Å². The Labute approximate surface area is 332 Å². The third kappa shape index (κ3) is 8.01. The molecule has 0 unspecified atom stereocenters. The van der Waals surface area contributed by atoms with E-state index < -0.39 is 49.8 Å². The fraction of sp³-hybridized carbons (Fsp3) is 0.136. The summed E-state index contributed by atoms with van der Waals surface area (Å²) in [5.41, 5.74) is -5.89. The summed E-state index contributed by atoms with van der Waals surface area (Å²) in [4.78, 5) is 31.8. The number of halogens is 1. The monoisotopic (exact) mass is 784 g/mol. The zero-order chi connectivity index (χ0) is 40.8. The van der Waals surface area contributed by atoms with Crippen LogP contribution in [0.25, 0.3) is 0 Å². The molecule has 57 heavy (non-hydrogen) atoms. The molecule has 0 heterocycles. The Kier molecular flexibility index (Phi) is 11.6. The molecule has 0 aliphatic heterocycles. The van der Waals surface area contributed by atoms with Gasteiger partial charge in [0.1, 0.15) is 17.0 Å². The number of phenols is 2. The van der Waals surface area contributed by atoms with Crippen LogP contribution in [-0.4, -0.2) is 54.3 Å². The van der Waals surface area contributed by atoms with Crippen molar-refractivity contribution in [2.45, 2.75) is 36.1 Å². The fourth-order valence-electron chi connectivity index (χ4n) is 7.04. The van der Waals surface area contributed by atoms with Crippen LogP contribution in [-0.2, 0) is 11.2 Å². The Morgan fingerprint density at radius 2 is 1.16 bits per heavy atom. The van der Waals surface area contributed by atoms with Gasteiger partial charge in [-0.25, -0.2) is 0 Å². The molecule has 2 atom stereocenters. The van der Waals surface area contributed by atoms with Gasteiger partial charge in [0.2, 0.25) is 5.75 Å². The Morgan fingerprint density at radius 3 is 1.63 bits per heavy atom. The van der Waals surface area contributed by atoms with E-state index in [-0.39, 0.29) is 23.3 Å². The molecule has 0 aliphatic rings. The molecule has 0 saturated carbocycles. The van der Waals surface area contributed by atoms with Crippen molar-refractivity contribution in [3.63, 3.8) is 0 Å². The molecule has 0 radical (unpaired) electrons. The lowest BCUT2D eigenvalue weighted by Crippen LogP contribution is -2.54. The van der Waals surface area contributed by atoms with E-state index in [9.17, 15) is 40.7 Å². The SMILES string of the molecule is C[C@](C[C@@H](N=Cc1cc([N+](=O)[O-])cc([N+](=O)[O-])c1O)C(O)(c1ccccc1)c1ccccc1)(N=Cc1cc(Cl)ccc1O)C(O)(c1ccccc1)c1ccccc1. The smallest absolute Gasteiger partial charge is 0.318 e. The zero-order valence-corrected chi connectivity index (χ0v) is 31.2. The largest absolute Gasteiger partial charge is 0.507 e. The molecular formula is C44H37ClN4O8. The second-order valence-corrected chi connectivity index (χ2v) is 14.0. The van der Waals surface area contributed by atoms with E-state index in [0.29, 0.717) is 33.3 Å². The summed E-state index contributed by atoms with van der Waals surface area (Å²) in [6, 6.07) is 39.4. The minimum absolute atomic E-state index is 0.143. The number of aliphatic imine (C=N–C) groups is 2. The lowest BCUT2D eigenvalue weighted by atomic mass is 9.66. The van der Waals surface area contributed by atoms with E-state index in [4.69, 9.17) is 21.6 Å². The van der Waals surface area contributed by atoms with E-state index in [1.807, 2.05) is 0 Å². The number of hydrogen-bond donors (Lipinski definition) is 4. The molecule has 6 aromatic rings. The number of aromatic hydroxyl groups is 2. The normalized spacial score (nSPS) is 13.7. The van der Waals surface area contributed by atoms with Crippen molar-refractivity contribution in [1.29, 1.82) is 0 Å². The number of nitro benzene ring substituents is 2. The topological polar surface area (TPSA) is 192 Å². The van der Waals surface area contributed by atoms with Crippen LogP contribution < -0.4 is 0 Å². The quantitative estimate of drug-likeness (QED) is 0.0480. The molecule has 0 aliphatic carbocycles. The molecule has 0 bridgehead atoms. The summed E-state index contributed by atoms with van der Waals surface area (Å²) in [6.45, 7) is 1.67. The maximum atomic E-state index is 13.4. The first-order chi connectivity index (χ1) is 27.3. The van der Waals surface area contributed by atoms with E-state index in [2.05, 4.69) is 0 Å². The van der Waals surface area contributed by atoms with Gasteiger partial charge in [-0.05, 0) is 47.4 Å². The highest BCUT2D eigenvalue weighted by atomic mass is 35.5. The first kappa shape index (κ1) is 39.9. The van der Waals surface area contributed by atoms with Crippen LogP contribution in [0.15, 0.2) is 162 Å². The molecule has 12 nitrogen and oxygen atoms in total. The molecule has 0 amide bonds. The second-order valence-electron chi connectivity index (χ2n) is 13.6. The number of rotatable bonds is 14. The van der Waals surface area contributed by atoms with E-state index >= 15 is 0 Å². The van der Waals surface area contributed by atoms with Gasteiger partial charge in [-0.15, -0.1) is 0 Å². The van der Waals surface area contributed by atoms with Crippen LogP contribution in [0.3, 0.4) is 0 Å². The van der Waals surface area contributed by atoms with Crippen LogP contribution in [0, 0.1) is 20.2 Å². The number of nitrogens with zero attached hydrogens (tertiary/aromatic N) is 4. The highest BCUT2D eigenvalue weighted by molar-refractivity contribution is 6.30. The zero-order valence-electron chi connectivity index (χ0n) is 30.5. The van der Waals surface area contributed by atoms with Gasteiger partial charge >= 0.3 is 5.69 Å². The van der Waals surface area contributed by atoms with Crippen molar-refractivity contribution in [2.24, 2.45) is 9.98 Å². The average molecular weight is 785 g/mol. The van der Waals surface area contributed by atoms with Crippen LogP contribution >= 0.6 is 11.6 Å². The minimum Gasteiger partial charge on any atom is -0.507 e. The third-order valence-electron chi connectivity index (χ3n) is 10.0. The van der Waals surface area contributed by atoms with Gasteiger partial charge in [-0.1, -0.05) is 133 Å². The highest BCUT2D eigenvalue weighted by Crippen LogP contribution is 2.48. The van der Waals surface area contributed by atoms with Gasteiger partial charge in [0, 0.05) is 41.1 Å². The maximum Gasteiger partial charge on any atom is 0.318 e. The summed E-state index contributed by atoms with van der Waals surface area (Å²) in [6.07, 6.45) is 2.10. The van der Waals surface area contributed by atoms with E-state index in [1.165, 1.54) is 24.4 Å². The van der Waals surface area contributed by atoms with Gasteiger partial charge in [0.15, 0.2) is 0 Å². The molecule has 13 heteroatoms. The van der Waals surface area contributed by atoms with Crippen molar-refractivity contribution in [3.05, 3.63) is 210 Å². The molecular weight excluding hydrogens is 748 g/mol. The molecule has 288 valence electrons. The molecule has 4 N–H and O–H groups in total. The highest BCUT2D eigenvalue weighted by Gasteiger charge is 2.54. The summed E-state index contributed by atoms with van der Waals surface area (Å²) >= 11 is 6.32. The first-order valence-corrected chi connectivity index (χ1v) is 18.1. The van der Waals surface area contributed by atoms with Crippen LogP contribution in [0.2, 0.25) is 5.02 Å². The Bertz CT molecular complexity index is 2360. The Balaban J connectivity index is 1.68. The Morgan fingerprint density at radius 1 is 0.667 bits per heavy atom. The van der Waals surface area contributed by atoms with Crippen molar-refractivity contribution >= 4 is 35.4 Å². The van der Waals surface area contributed by atoms with Crippen molar-refractivity contribution in [1.82, 2.24) is 0 Å². The molecule has 0 fully saturated rings. The second kappa shape index (κ2) is 16.6. The standard InChI is InChI=1S/C44H37ClN4O8/c1-42(47-29-30-24-36(45)22-23-39(30)50,44(53,34-18-10-4-11-19-34)35-20-12-5-13-21-35)27-40(43(52,32-14-6-2-7-15-32)33-16-8-3-9-17-33)46-28-31-25-37(48(54)55)26-38(41(31)51)49(56)57/h2-26,28-29,40,50-53H,27H2,1H3/t40-,42-/m1/s1. The molecule has 0 aromatic heterocycles.